The summed E-state index contributed by atoms with van der Waals surface area (Å²) in [7, 11) is 1.43. The van der Waals surface area contributed by atoms with Crippen LogP contribution in [0.3, 0.4) is 0 Å². The summed E-state index contributed by atoms with van der Waals surface area (Å²) in [5, 5.41) is 8.37. The van der Waals surface area contributed by atoms with E-state index in [0.29, 0.717) is 45.3 Å². The van der Waals surface area contributed by atoms with Gasteiger partial charge in [0.25, 0.3) is 17.4 Å². The van der Waals surface area contributed by atoms with Crippen LogP contribution in [0.5, 0.6) is 0 Å². The molecule has 0 radical (unpaired) electrons. The van der Waals surface area contributed by atoms with Gasteiger partial charge in [-0.2, -0.15) is 0 Å². The van der Waals surface area contributed by atoms with E-state index >= 15 is 0 Å². The van der Waals surface area contributed by atoms with Gasteiger partial charge in [-0.1, -0.05) is 30.3 Å². The SMILES string of the molecule is CNC(=O)c1cc(C(=O)NCCCC2(F)CCNCC2)cn(Cc2ccccc2)c1=O.Cl. The van der Waals surface area contributed by atoms with Crippen LogP contribution >= 0.6 is 12.4 Å². The van der Waals surface area contributed by atoms with Crippen molar-refractivity contribution in [2.45, 2.75) is 37.9 Å². The Hall–Kier alpha value is -2.71. The molecule has 1 saturated heterocycles. The van der Waals surface area contributed by atoms with E-state index in [1.165, 1.54) is 23.9 Å². The summed E-state index contributed by atoms with van der Waals surface area (Å²) < 4.78 is 16.0. The van der Waals surface area contributed by atoms with Crippen LogP contribution in [0.2, 0.25) is 0 Å². The lowest BCUT2D eigenvalue weighted by Gasteiger charge is -2.30. The second kappa shape index (κ2) is 11.8. The fourth-order valence-electron chi connectivity index (χ4n) is 3.79. The first-order valence-electron chi connectivity index (χ1n) is 10.6. The van der Waals surface area contributed by atoms with Gasteiger partial charge in [0, 0.05) is 19.8 Å². The molecular formula is C23H30ClFN4O3. The molecule has 9 heteroatoms. The fraction of sp³-hybridized carbons (Fsp3) is 0.435. The van der Waals surface area contributed by atoms with E-state index in [1.54, 1.807) is 0 Å². The summed E-state index contributed by atoms with van der Waals surface area (Å²) in [5.74, 6) is -0.947. The molecule has 1 aliphatic rings. The maximum absolute atomic E-state index is 14.7. The van der Waals surface area contributed by atoms with E-state index in [1.807, 2.05) is 30.3 Å². The molecule has 2 heterocycles. The zero-order chi connectivity index (χ0) is 22.3. The first-order chi connectivity index (χ1) is 14.9. The lowest BCUT2D eigenvalue weighted by Crippen LogP contribution is -2.39. The molecule has 3 rings (SSSR count). The van der Waals surface area contributed by atoms with Gasteiger partial charge in [0.15, 0.2) is 0 Å². The minimum atomic E-state index is -1.18. The molecule has 2 amide bonds. The number of benzene rings is 1. The van der Waals surface area contributed by atoms with Crippen molar-refractivity contribution in [3.8, 4) is 0 Å². The van der Waals surface area contributed by atoms with Crippen LogP contribution in [0.25, 0.3) is 0 Å². The molecule has 3 N–H and O–H groups in total. The number of alkyl halides is 1. The summed E-state index contributed by atoms with van der Waals surface area (Å²) in [6.07, 6.45) is 3.35. The Morgan fingerprint density at radius 1 is 1.16 bits per heavy atom. The van der Waals surface area contributed by atoms with Gasteiger partial charge in [0.2, 0.25) is 0 Å². The second-order valence-corrected chi connectivity index (χ2v) is 7.90. The van der Waals surface area contributed by atoms with E-state index < -0.39 is 23.0 Å². The lowest BCUT2D eigenvalue weighted by atomic mass is 9.90. The highest BCUT2D eigenvalue weighted by molar-refractivity contribution is 5.99. The average molecular weight is 465 g/mol. The van der Waals surface area contributed by atoms with Crippen LogP contribution in [0.15, 0.2) is 47.4 Å². The van der Waals surface area contributed by atoms with Gasteiger partial charge in [0.1, 0.15) is 11.2 Å². The first kappa shape index (κ1) is 25.5. The van der Waals surface area contributed by atoms with E-state index in [4.69, 9.17) is 0 Å². The molecule has 174 valence electrons. The van der Waals surface area contributed by atoms with Gasteiger partial charge in [-0.3, -0.25) is 14.4 Å². The van der Waals surface area contributed by atoms with Gasteiger partial charge in [-0.05, 0) is 50.4 Å². The second-order valence-electron chi connectivity index (χ2n) is 7.90. The summed E-state index contributed by atoms with van der Waals surface area (Å²) in [4.78, 5) is 37.6. The highest BCUT2D eigenvalue weighted by atomic mass is 35.5. The predicted octanol–water partition coefficient (Wildman–Crippen LogP) is 2.28. The lowest BCUT2D eigenvalue weighted by molar-refractivity contribution is 0.0917. The number of hydrogen-bond donors (Lipinski definition) is 3. The van der Waals surface area contributed by atoms with Crippen molar-refractivity contribution in [1.29, 1.82) is 0 Å². The van der Waals surface area contributed by atoms with Crippen molar-refractivity contribution in [3.05, 3.63) is 69.6 Å². The quantitative estimate of drug-likeness (QED) is 0.523. The molecule has 0 spiro atoms. The molecule has 1 aromatic carbocycles. The Labute approximate surface area is 193 Å². The third-order valence-electron chi connectivity index (χ3n) is 5.60. The van der Waals surface area contributed by atoms with Crippen molar-refractivity contribution in [3.63, 3.8) is 0 Å². The zero-order valence-corrected chi connectivity index (χ0v) is 19.0. The number of pyridine rings is 1. The minimum absolute atomic E-state index is 0. The molecule has 0 aliphatic carbocycles. The molecule has 32 heavy (non-hydrogen) atoms. The number of nitrogens with one attached hydrogen (secondary N) is 3. The van der Waals surface area contributed by atoms with Crippen LogP contribution in [-0.4, -0.2) is 48.7 Å². The summed E-state index contributed by atoms with van der Waals surface area (Å²) in [6.45, 7) is 1.91. The Kier molecular flexibility index (Phi) is 9.41. The van der Waals surface area contributed by atoms with Crippen molar-refractivity contribution >= 4 is 24.2 Å². The van der Waals surface area contributed by atoms with Crippen molar-refractivity contribution < 1.29 is 14.0 Å². The molecular weight excluding hydrogens is 435 g/mol. The number of carbonyl (C=O) groups excluding carboxylic acids is 2. The molecule has 0 atom stereocenters. The highest BCUT2D eigenvalue weighted by Crippen LogP contribution is 2.28. The number of halogens is 2. The van der Waals surface area contributed by atoms with E-state index in [9.17, 15) is 18.8 Å². The average Bonchev–Trinajstić information content (AvgIpc) is 2.78. The standard InChI is InChI=1S/C23H29FN4O3.ClH/c1-25-21(30)19-14-18(16-28(22(19)31)15-17-6-3-2-4-7-17)20(29)27-11-5-8-23(24)9-12-26-13-10-23;/h2-4,6-7,14,16,26H,5,8-13,15H2,1H3,(H,25,30)(H,27,29);1H. The maximum atomic E-state index is 14.7. The molecule has 2 aromatic rings. The Bertz CT molecular complexity index is 975. The number of carbonyl (C=O) groups is 2. The van der Waals surface area contributed by atoms with Gasteiger partial charge < -0.3 is 20.5 Å². The predicted molar refractivity (Wildman–Crippen MR) is 124 cm³/mol. The third kappa shape index (κ3) is 6.64. The maximum Gasteiger partial charge on any atom is 0.263 e. The smallest absolute Gasteiger partial charge is 0.263 e. The van der Waals surface area contributed by atoms with Crippen LogP contribution in [0.1, 0.15) is 52.0 Å². The van der Waals surface area contributed by atoms with Crippen LogP contribution in [-0.2, 0) is 6.54 Å². The first-order valence-corrected chi connectivity index (χ1v) is 10.6. The zero-order valence-electron chi connectivity index (χ0n) is 18.2. The Morgan fingerprint density at radius 3 is 2.50 bits per heavy atom. The van der Waals surface area contributed by atoms with E-state index in [-0.39, 0.29) is 30.1 Å². The molecule has 0 unspecified atom stereocenters. The van der Waals surface area contributed by atoms with Crippen LogP contribution in [0.4, 0.5) is 4.39 Å². The van der Waals surface area contributed by atoms with Gasteiger partial charge in [0.05, 0.1) is 12.1 Å². The van der Waals surface area contributed by atoms with Gasteiger partial charge in [-0.15, -0.1) is 12.4 Å². The minimum Gasteiger partial charge on any atom is -0.355 e. The molecule has 1 fully saturated rings. The van der Waals surface area contributed by atoms with E-state index in [0.717, 1.165) is 5.56 Å². The topological polar surface area (TPSA) is 92.2 Å². The molecule has 7 nitrogen and oxygen atoms in total. The van der Waals surface area contributed by atoms with Gasteiger partial charge >= 0.3 is 0 Å². The molecule has 1 aliphatic heterocycles. The highest BCUT2D eigenvalue weighted by Gasteiger charge is 2.30. The number of amides is 2. The summed E-state index contributed by atoms with van der Waals surface area (Å²) >= 11 is 0. The van der Waals surface area contributed by atoms with Crippen molar-refractivity contribution in [2.75, 3.05) is 26.7 Å². The van der Waals surface area contributed by atoms with Crippen LogP contribution in [0, 0.1) is 0 Å². The molecule has 1 aromatic heterocycles. The summed E-state index contributed by atoms with van der Waals surface area (Å²) in [5.41, 5.74) is -0.648. The number of nitrogens with zero attached hydrogens (tertiary/aromatic N) is 1. The number of rotatable bonds is 8. The van der Waals surface area contributed by atoms with Crippen molar-refractivity contribution in [2.24, 2.45) is 0 Å². The summed E-state index contributed by atoms with van der Waals surface area (Å²) in [6, 6.07) is 10.6. The molecule has 0 bridgehead atoms. The number of aromatic nitrogens is 1. The molecule has 0 saturated carbocycles. The van der Waals surface area contributed by atoms with Crippen LogP contribution < -0.4 is 21.5 Å². The Morgan fingerprint density at radius 2 is 1.84 bits per heavy atom. The number of hydrogen-bond acceptors (Lipinski definition) is 4. The normalized spacial score (nSPS) is 14.8. The van der Waals surface area contributed by atoms with Gasteiger partial charge in [-0.25, -0.2) is 4.39 Å². The van der Waals surface area contributed by atoms with Crippen molar-refractivity contribution in [1.82, 2.24) is 20.5 Å². The largest absolute Gasteiger partial charge is 0.355 e. The Balaban J connectivity index is 0.00000363. The fourth-order valence-corrected chi connectivity index (χ4v) is 3.79. The van der Waals surface area contributed by atoms with E-state index in [2.05, 4.69) is 16.0 Å². The monoisotopic (exact) mass is 464 g/mol. The number of piperidine rings is 1. The third-order valence-corrected chi connectivity index (χ3v) is 5.60.